The molecule has 158 valence electrons. The number of imide groups is 1. The number of piperazine rings is 1. The number of hydrogen-bond donors (Lipinski definition) is 1. The van der Waals surface area contributed by atoms with Gasteiger partial charge < -0.3 is 5.32 Å². The molecule has 1 aromatic rings. The minimum Gasteiger partial charge on any atom is -0.323 e. The molecule has 8 nitrogen and oxygen atoms in total. The molecule has 4 rings (SSSR count). The fourth-order valence-corrected chi connectivity index (χ4v) is 6.12. The van der Waals surface area contributed by atoms with Gasteiger partial charge in [0.15, 0.2) is 0 Å². The van der Waals surface area contributed by atoms with Crippen molar-refractivity contribution in [3.63, 3.8) is 0 Å². The van der Waals surface area contributed by atoms with Crippen LogP contribution in [0.4, 0.5) is 4.79 Å². The number of sulfonamides is 1. The fraction of sp³-hybridized carbons (Fsp3) is 0.600. The number of amides is 3. The van der Waals surface area contributed by atoms with Crippen LogP contribution in [-0.4, -0.2) is 72.8 Å². The zero-order valence-corrected chi connectivity index (χ0v) is 17.5. The minimum atomic E-state index is -3.52. The predicted molar refractivity (Wildman–Crippen MR) is 107 cm³/mol. The maximum Gasteiger partial charge on any atom is 0.326 e. The predicted octanol–water partition coefficient (Wildman–Crippen LogP) is 1.45. The molecule has 3 amide bonds. The molecule has 3 fully saturated rings. The van der Waals surface area contributed by atoms with Crippen molar-refractivity contribution < 1.29 is 18.0 Å². The van der Waals surface area contributed by atoms with Gasteiger partial charge in [-0.3, -0.25) is 9.69 Å². The van der Waals surface area contributed by atoms with Crippen molar-refractivity contribution in [3.05, 3.63) is 30.3 Å². The maximum atomic E-state index is 13.1. The Bertz CT molecular complexity index is 883. The van der Waals surface area contributed by atoms with Crippen LogP contribution in [0.25, 0.3) is 0 Å². The lowest BCUT2D eigenvalue weighted by atomic mass is 9.73. The molecule has 0 radical (unpaired) electrons. The molecule has 2 aliphatic heterocycles. The Hall–Kier alpha value is -1.97. The fourth-order valence-electron chi connectivity index (χ4n) is 4.68. The van der Waals surface area contributed by atoms with E-state index in [1.165, 1.54) is 9.21 Å². The smallest absolute Gasteiger partial charge is 0.323 e. The third-order valence-electron chi connectivity index (χ3n) is 6.56. The number of carbonyl (C=O) groups excluding carboxylic acids is 2. The Balaban J connectivity index is 1.39. The molecule has 1 spiro atoms. The lowest BCUT2D eigenvalue weighted by Crippen LogP contribution is -2.55. The molecule has 9 heteroatoms. The highest BCUT2D eigenvalue weighted by Crippen LogP contribution is 2.38. The van der Waals surface area contributed by atoms with Crippen molar-refractivity contribution >= 4 is 22.0 Å². The van der Waals surface area contributed by atoms with E-state index in [0.29, 0.717) is 32.6 Å². The zero-order chi connectivity index (χ0) is 20.6. The first-order valence-electron chi connectivity index (χ1n) is 10.3. The topological polar surface area (TPSA) is 90.0 Å². The highest BCUT2D eigenvalue weighted by atomic mass is 32.2. The van der Waals surface area contributed by atoms with Gasteiger partial charge in [-0.15, -0.1) is 0 Å². The van der Waals surface area contributed by atoms with Crippen molar-refractivity contribution in [1.82, 2.24) is 19.4 Å². The van der Waals surface area contributed by atoms with Gasteiger partial charge in [-0.2, -0.15) is 4.31 Å². The summed E-state index contributed by atoms with van der Waals surface area (Å²) in [7, 11) is -3.52. The molecular formula is C20H28N4O4S. The van der Waals surface area contributed by atoms with Crippen molar-refractivity contribution in [2.24, 2.45) is 5.92 Å². The molecule has 0 unspecified atom stereocenters. The molecule has 0 aromatic heterocycles. The lowest BCUT2D eigenvalue weighted by molar-refractivity contribution is -0.135. The van der Waals surface area contributed by atoms with Crippen LogP contribution in [-0.2, 0) is 14.8 Å². The van der Waals surface area contributed by atoms with Crippen LogP contribution in [0, 0.1) is 5.92 Å². The summed E-state index contributed by atoms with van der Waals surface area (Å²) in [6.45, 7) is 3.87. The summed E-state index contributed by atoms with van der Waals surface area (Å²) in [4.78, 5) is 29.2. The van der Waals surface area contributed by atoms with E-state index in [2.05, 4.69) is 5.32 Å². The standard InChI is InChI=1S/C20H28N4O4S/c1-16-7-5-6-10-20(16)18(25)24(19(26)21-20)15-22-11-13-23(14-12-22)29(27,28)17-8-3-2-4-9-17/h2-4,8-9,16H,5-7,10-15H2,1H3,(H,21,26)/t16-,20-/m1/s1. The van der Waals surface area contributed by atoms with Gasteiger partial charge in [-0.05, 0) is 30.9 Å². The van der Waals surface area contributed by atoms with Crippen molar-refractivity contribution in [3.8, 4) is 0 Å². The maximum absolute atomic E-state index is 13.1. The molecule has 1 aliphatic carbocycles. The molecule has 2 atom stereocenters. The molecule has 3 aliphatic rings. The van der Waals surface area contributed by atoms with Gasteiger partial charge in [-0.25, -0.2) is 18.1 Å². The van der Waals surface area contributed by atoms with Gasteiger partial charge >= 0.3 is 6.03 Å². The van der Waals surface area contributed by atoms with E-state index >= 15 is 0 Å². The van der Waals surface area contributed by atoms with E-state index in [1.807, 2.05) is 11.8 Å². The number of nitrogens with one attached hydrogen (secondary N) is 1. The Morgan fingerprint density at radius 2 is 1.76 bits per heavy atom. The quantitative estimate of drug-likeness (QED) is 0.745. The largest absolute Gasteiger partial charge is 0.326 e. The molecular weight excluding hydrogens is 392 g/mol. The van der Waals surface area contributed by atoms with Gasteiger partial charge in [0.05, 0.1) is 11.6 Å². The zero-order valence-electron chi connectivity index (χ0n) is 16.7. The Morgan fingerprint density at radius 3 is 2.41 bits per heavy atom. The highest BCUT2D eigenvalue weighted by Gasteiger charge is 2.55. The molecule has 0 bridgehead atoms. The van der Waals surface area contributed by atoms with E-state index < -0.39 is 15.6 Å². The van der Waals surface area contributed by atoms with Crippen LogP contribution in [0.5, 0.6) is 0 Å². The van der Waals surface area contributed by atoms with E-state index in [-0.39, 0.29) is 29.4 Å². The normalized spacial score (nSPS) is 29.4. The van der Waals surface area contributed by atoms with Gasteiger partial charge in [0.1, 0.15) is 5.54 Å². The Kier molecular flexibility index (Phi) is 5.39. The van der Waals surface area contributed by atoms with Gasteiger partial charge in [-0.1, -0.05) is 38.0 Å². The van der Waals surface area contributed by atoms with Crippen LogP contribution >= 0.6 is 0 Å². The third kappa shape index (κ3) is 3.55. The molecule has 1 saturated carbocycles. The van der Waals surface area contributed by atoms with Crippen LogP contribution < -0.4 is 5.32 Å². The second kappa shape index (κ2) is 7.70. The number of urea groups is 1. The van der Waals surface area contributed by atoms with Crippen molar-refractivity contribution in [2.75, 3.05) is 32.8 Å². The van der Waals surface area contributed by atoms with E-state index in [1.54, 1.807) is 30.3 Å². The summed E-state index contributed by atoms with van der Waals surface area (Å²) in [6, 6.07) is 8.07. The average Bonchev–Trinajstić information content (AvgIpc) is 2.96. The number of rotatable bonds is 4. The monoisotopic (exact) mass is 420 g/mol. The SMILES string of the molecule is C[C@@H]1CCCC[C@@]12NC(=O)N(CN1CCN(S(=O)(=O)c3ccccc3)CC1)C2=O. The van der Waals surface area contributed by atoms with Crippen molar-refractivity contribution in [2.45, 2.75) is 43.0 Å². The van der Waals surface area contributed by atoms with Crippen LogP contribution in [0.15, 0.2) is 35.2 Å². The Morgan fingerprint density at radius 1 is 1.07 bits per heavy atom. The summed E-state index contributed by atoms with van der Waals surface area (Å²) < 4.78 is 27.0. The average molecular weight is 421 g/mol. The first-order chi connectivity index (χ1) is 13.8. The minimum absolute atomic E-state index is 0.130. The first-order valence-corrected chi connectivity index (χ1v) is 11.7. The molecule has 2 heterocycles. The van der Waals surface area contributed by atoms with Crippen LogP contribution in [0.3, 0.4) is 0 Å². The van der Waals surface area contributed by atoms with Crippen LogP contribution in [0.1, 0.15) is 32.6 Å². The number of benzene rings is 1. The lowest BCUT2D eigenvalue weighted by Gasteiger charge is -2.38. The Labute approximate surface area is 171 Å². The molecule has 2 saturated heterocycles. The highest BCUT2D eigenvalue weighted by molar-refractivity contribution is 7.89. The van der Waals surface area contributed by atoms with Gasteiger partial charge in [0.2, 0.25) is 10.0 Å². The number of hydrogen-bond acceptors (Lipinski definition) is 5. The third-order valence-corrected chi connectivity index (χ3v) is 8.47. The summed E-state index contributed by atoms with van der Waals surface area (Å²) in [5, 5.41) is 2.97. The van der Waals surface area contributed by atoms with Gasteiger partial charge in [0, 0.05) is 26.2 Å². The summed E-state index contributed by atoms with van der Waals surface area (Å²) in [6.07, 6.45) is 3.67. The number of nitrogens with zero attached hydrogens (tertiary/aromatic N) is 3. The summed E-state index contributed by atoms with van der Waals surface area (Å²) in [5.74, 6) is -0.000371. The van der Waals surface area contributed by atoms with Gasteiger partial charge in [0.25, 0.3) is 5.91 Å². The first kappa shape index (κ1) is 20.3. The van der Waals surface area contributed by atoms with Crippen LogP contribution in [0.2, 0.25) is 0 Å². The second-order valence-electron chi connectivity index (χ2n) is 8.26. The summed E-state index contributed by atoms with van der Waals surface area (Å²) in [5.41, 5.74) is -0.756. The summed E-state index contributed by atoms with van der Waals surface area (Å²) >= 11 is 0. The number of carbonyl (C=O) groups is 2. The van der Waals surface area contributed by atoms with E-state index in [9.17, 15) is 18.0 Å². The van der Waals surface area contributed by atoms with E-state index in [0.717, 1.165) is 19.3 Å². The molecule has 29 heavy (non-hydrogen) atoms. The second-order valence-corrected chi connectivity index (χ2v) is 10.2. The molecule has 1 N–H and O–H groups in total. The van der Waals surface area contributed by atoms with E-state index in [4.69, 9.17) is 0 Å². The van der Waals surface area contributed by atoms with Crippen molar-refractivity contribution in [1.29, 1.82) is 0 Å². The molecule has 1 aromatic carbocycles.